The molecule has 1 aromatic rings. The van der Waals surface area contributed by atoms with Crippen LogP contribution in [0.4, 0.5) is 0 Å². The minimum absolute atomic E-state index is 0.234. The summed E-state index contributed by atoms with van der Waals surface area (Å²) < 4.78 is 0. The Bertz CT molecular complexity index is 298. The van der Waals surface area contributed by atoms with Crippen LogP contribution in [0.25, 0.3) is 0 Å². The lowest BCUT2D eigenvalue weighted by molar-refractivity contribution is 0.280. The molecular formula is C12H17NO. The number of aliphatic hydroxyl groups is 1. The van der Waals surface area contributed by atoms with Crippen LogP contribution in [-0.4, -0.2) is 24.3 Å². The maximum absolute atomic E-state index is 8.73. The van der Waals surface area contributed by atoms with Crippen molar-refractivity contribution in [2.45, 2.75) is 25.3 Å². The number of nitrogens with one attached hydrogen (secondary N) is 1. The van der Waals surface area contributed by atoms with Gasteiger partial charge in [-0.25, -0.2) is 0 Å². The summed E-state index contributed by atoms with van der Waals surface area (Å²) in [6, 6.07) is 9.20. The fraction of sp³-hybridized carbons (Fsp3) is 0.500. The van der Waals surface area contributed by atoms with Gasteiger partial charge in [-0.05, 0) is 30.4 Å². The minimum atomic E-state index is 0.234. The Kier molecular flexibility index (Phi) is 3.17. The molecule has 0 heterocycles. The normalized spacial score (nSPS) is 20.5. The molecule has 0 amide bonds. The third-order valence-electron chi connectivity index (χ3n) is 2.89. The van der Waals surface area contributed by atoms with Gasteiger partial charge in [0.05, 0.1) is 6.61 Å². The fourth-order valence-corrected chi connectivity index (χ4v) is 2.14. The van der Waals surface area contributed by atoms with Gasteiger partial charge in [-0.15, -0.1) is 0 Å². The molecule has 1 atom stereocenters. The predicted octanol–water partition coefficient (Wildman–Crippen LogP) is 1.13. The van der Waals surface area contributed by atoms with Crippen LogP contribution in [0.2, 0.25) is 0 Å². The molecule has 1 aliphatic rings. The molecule has 14 heavy (non-hydrogen) atoms. The summed E-state index contributed by atoms with van der Waals surface area (Å²) >= 11 is 0. The molecular weight excluding hydrogens is 174 g/mol. The van der Waals surface area contributed by atoms with E-state index in [0.717, 1.165) is 6.42 Å². The highest BCUT2D eigenvalue weighted by atomic mass is 16.3. The monoisotopic (exact) mass is 191 g/mol. The second-order valence-corrected chi connectivity index (χ2v) is 3.89. The van der Waals surface area contributed by atoms with Crippen molar-refractivity contribution >= 4 is 0 Å². The van der Waals surface area contributed by atoms with Crippen LogP contribution in [0, 0.1) is 0 Å². The highest BCUT2D eigenvalue weighted by molar-refractivity contribution is 5.30. The summed E-state index contributed by atoms with van der Waals surface area (Å²) in [5.41, 5.74) is 2.96. The molecule has 0 spiro atoms. The highest BCUT2D eigenvalue weighted by Gasteiger charge is 2.16. The largest absolute Gasteiger partial charge is 0.395 e. The Morgan fingerprint density at radius 1 is 1.29 bits per heavy atom. The zero-order valence-corrected chi connectivity index (χ0v) is 8.37. The Morgan fingerprint density at radius 3 is 2.86 bits per heavy atom. The number of fused-ring (bicyclic) bond motifs is 1. The smallest absolute Gasteiger partial charge is 0.0556 e. The number of hydrogen-bond acceptors (Lipinski definition) is 2. The van der Waals surface area contributed by atoms with E-state index in [1.54, 1.807) is 0 Å². The van der Waals surface area contributed by atoms with Crippen molar-refractivity contribution < 1.29 is 5.11 Å². The van der Waals surface area contributed by atoms with E-state index in [2.05, 4.69) is 29.6 Å². The standard InChI is InChI=1S/C12H17NO/c14-8-7-13-12-6-5-10-3-1-2-4-11(10)9-12/h1-4,12-14H,5-9H2/t12-/m1/s1. The average molecular weight is 191 g/mol. The molecule has 2 rings (SSSR count). The van der Waals surface area contributed by atoms with Crippen molar-refractivity contribution in [1.82, 2.24) is 5.32 Å². The molecule has 0 saturated carbocycles. The van der Waals surface area contributed by atoms with E-state index >= 15 is 0 Å². The summed E-state index contributed by atoms with van der Waals surface area (Å²) in [5.74, 6) is 0. The van der Waals surface area contributed by atoms with Crippen molar-refractivity contribution in [3.8, 4) is 0 Å². The van der Waals surface area contributed by atoms with Crippen LogP contribution in [0.5, 0.6) is 0 Å². The first-order valence-corrected chi connectivity index (χ1v) is 5.31. The third kappa shape index (κ3) is 2.14. The Hall–Kier alpha value is -0.860. The van der Waals surface area contributed by atoms with E-state index < -0.39 is 0 Å². The van der Waals surface area contributed by atoms with Crippen molar-refractivity contribution in [2.75, 3.05) is 13.2 Å². The van der Waals surface area contributed by atoms with Crippen LogP contribution in [0.15, 0.2) is 24.3 Å². The van der Waals surface area contributed by atoms with Crippen LogP contribution in [0.1, 0.15) is 17.5 Å². The summed E-state index contributed by atoms with van der Waals surface area (Å²) in [5, 5.41) is 12.1. The van der Waals surface area contributed by atoms with Gasteiger partial charge < -0.3 is 10.4 Å². The van der Waals surface area contributed by atoms with Crippen LogP contribution < -0.4 is 5.32 Å². The zero-order chi connectivity index (χ0) is 9.80. The minimum Gasteiger partial charge on any atom is -0.395 e. The van der Waals surface area contributed by atoms with E-state index in [-0.39, 0.29) is 6.61 Å². The van der Waals surface area contributed by atoms with Gasteiger partial charge in [0.15, 0.2) is 0 Å². The second kappa shape index (κ2) is 4.58. The number of aryl methyl sites for hydroxylation is 1. The summed E-state index contributed by atoms with van der Waals surface area (Å²) in [4.78, 5) is 0. The lowest BCUT2D eigenvalue weighted by atomic mass is 9.88. The van der Waals surface area contributed by atoms with Crippen molar-refractivity contribution in [1.29, 1.82) is 0 Å². The Balaban J connectivity index is 1.99. The first-order chi connectivity index (χ1) is 6.90. The molecule has 0 aromatic heterocycles. The number of hydrogen-bond donors (Lipinski definition) is 2. The van der Waals surface area contributed by atoms with Gasteiger partial charge in [0.25, 0.3) is 0 Å². The van der Waals surface area contributed by atoms with Gasteiger partial charge >= 0.3 is 0 Å². The number of benzene rings is 1. The Morgan fingerprint density at radius 2 is 2.07 bits per heavy atom. The van der Waals surface area contributed by atoms with Crippen molar-refractivity contribution in [3.63, 3.8) is 0 Å². The predicted molar refractivity (Wildman–Crippen MR) is 57.3 cm³/mol. The van der Waals surface area contributed by atoms with Crippen LogP contribution >= 0.6 is 0 Å². The molecule has 2 nitrogen and oxygen atoms in total. The molecule has 0 radical (unpaired) electrons. The summed E-state index contributed by atoms with van der Waals surface area (Å²) in [6.07, 6.45) is 3.46. The lowest BCUT2D eigenvalue weighted by Crippen LogP contribution is -2.36. The van der Waals surface area contributed by atoms with E-state index in [0.29, 0.717) is 12.6 Å². The summed E-state index contributed by atoms with van der Waals surface area (Å²) in [7, 11) is 0. The molecule has 0 aliphatic heterocycles. The molecule has 0 bridgehead atoms. The highest BCUT2D eigenvalue weighted by Crippen LogP contribution is 2.20. The van der Waals surface area contributed by atoms with Crippen molar-refractivity contribution in [2.24, 2.45) is 0 Å². The van der Waals surface area contributed by atoms with Gasteiger partial charge in [0.1, 0.15) is 0 Å². The van der Waals surface area contributed by atoms with Gasteiger partial charge in [-0.1, -0.05) is 24.3 Å². The van der Waals surface area contributed by atoms with Crippen molar-refractivity contribution in [3.05, 3.63) is 35.4 Å². The molecule has 2 N–H and O–H groups in total. The van der Waals surface area contributed by atoms with E-state index in [1.165, 1.54) is 24.0 Å². The SMILES string of the molecule is OCCN[C@@H]1CCc2ccccc2C1. The summed E-state index contributed by atoms with van der Waals surface area (Å²) in [6.45, 7) is 0.949. The molecule has 0 saturated heterocycles. The van der Waals surface area contributed by atoms with Gasteiger partial charge in [0.2, 0.25) is 0 Å². The van der Waals surface area contributed by atoms with E-state index in [4.69, 9.17) is 5.11 Å². The van der Waals surface area contributed by atoms with Gasteiger partial charge in [0, 0.05) is 12.6 Å². The average Bonchev–Trinajstić information content (AvgIpc) is 2.26. The first-order valence-electron chi connectivity index (χ1n) is 5.31. The zero-order valence-electron chi connectivity index (χ0n) is 8.37. The fourth-order valence-electron chi connectivity index (χ4n) is 2.14. The molecule has 0 unspecified atom stereocenters. The topological polar surface area (TPSA) is 32.3 Å². The van der Waals surface area contributed by atoms with E-state index in [9.17, 15) is 0 Å². The van der Waals surface area contributed by atoms with E-state index in [1.807, 2.05) is 0 Å². The Labute approximate surface area is 85.0 Å². The van der Waals surface area contributed by atoms with Gasteiger partial charge in [-0.2, -0.15) is 0 Å². The number of rotatable bonds is 3. The molecule has 2 heteroatoms. The quantitative estimate of drug-likeness (QED) is 0.750. The molecule has 76 valence electrons. The van der Waals surface area contributed by atoms with Crippen LogP contribution in [-0.2, 0) is 12.8 Å². The maximum Gasteiger partial charge on any atom is 0.0556 e. The molecule has 1 aromatic carbocycles. The molecule has 0 fully saturated rings. The second-order valence-electron chi connectivity index (χ2n) is 3.89. The molecule has 1 aliphatic carbocycles. The lowest BCUT2D eigenvalue weighted by Gasteiger charge is -2.25. The van der Waals surface area contributed by atoms with Crippen LogP contribution in [0.3, 0.4) is 0 Å². The third-order valence-corrected chi connectivity index (χ3v) is 2.89. The first kappa shape index (κ1) is 9.69. The number of aliphatic hydroxyl groups excluding tert-OH is 1. The van der Waals surface area contributed by atoms with Gasteiger partial charge in [-0.3, -0.25) is 0 Å². The maximum atomic E-state index is 8.73.